The second kappa shape index (κ2) is 7.77. The summed E-state index contributed by atoms with van der Waals surface area (Å²) in [5.74, 6) is -0.0983. The largest absolute Gasteiger partial charge is 0.394 e. The fourth-order valence-corrected chi connectivity index (χ4v) is 2.71. The Morgan fingerprint density at radius 1 is 1.54 bits per heavy atom. The van der Waals surface area contributed by atoms with Crippen LogP contribution in [0.25, 0.3) is 11.2 Å². The lowest BCUT2D eigenvalue weighted by molar-refractivity contribution is -0.137. The first-order valence-electron chi connectivity index (χ1n) is 7.79. The summed E-state index contributed by atoms with van der Waals surface area (Å²) in [6.45, 7) is -0.449. The lowest BCUT2D eigenvalue weighted by Gasteiger charge is -2.21. The van der Waals surface area contributed by atoms with E-state index in [2.05, 4.69) is 15.0 Å². The van der Waals surface area contributed by atoms with Crippen LogP contribution in [0.1, 0.15) is 12.6 Å². The van der Waals surface area contributed by atoms with E-state index in [1.54, 1.807) is 0 Å². The summed E-state index contributed by atoms with van der Waals surface area (Å²) >= 11 is 0. The minimum atomic E-state index is -1.15. The van der Waals surface area contributed by atoms with E-state index in [4.69, 9.17) is 25.2 Å². The van der Waals surface area contributed by atoms with Gasteiger partial charge < -0.3 is 30.2 Å². The molecule has 2 aromatic rings. The predicted octanol–water partition coefficient (Wildman–Crippen LogP) is -1.77. The van der Waals surface area contributed by atoms with Crippen LogP contribution in [0.5, 0.6) is 0 Å². The van der Waals surface area contributed by atoms with Crippen LogP contribution in [-0.2, 0) is 14.2 Å². The van der Waals surface area contributed by atoms with Crippen molar-refractivity contribution in [3.8, 4) is 6.07 Å². The van der Waals surface area contributed by atoms with E-state index < -0.39 is 36.7 Å². The number of H-pyrrole nitrogens is 1. The third kappa shape index (κ3) is 3.39. The molecule has 1 aliphatic heterocycles. The van der Waals surface area contributed by atoms with Crippen LogP contribution in [0.4, 0.5) is 5.95 Å². The molecule has 0 saturated carbocycles. The topological polar surface area (TPSA) is 182 Å². The Morgan fingerprint density at radius 2 is 2.35 bits per heavy atom. The van der Waals surface area contributed by atoms with Crippen LogP contribution < -0.4 is 11.3 Å². The number of fused-ring (bicyclic) bond motifs is 1. The molecule has 4 atom stereocenters. The molecule has 5 N–H and O–H groups in total. The molecule has 3 heterocycles. The Morgan fingerprint density at radius 3 is 3.08 bits per heavy atom. The van der Waals surface area contributed by atoms with Crippen LogP contribution in [0, 0.1) is 11.3 Å². The first-order chi connectivity index (χ1) is 12.6. The molecular weight excluding hydrogens is 348 g/mol. The van der Waals surface area contributed by atoms with Crippen molar-refractivity contribution in [1.82, 2.24) is 19.5 Å². The summed E-state index contributed by atoms with van der Waals surface area (Å²) in [4.78, 5) is 22.3. The van der Waals surface area contributed by atoms with Crippen LogP contribution in [-0.4, -0.2) is 68.1 Å². The lowest BCUT2D eigenvalue weighted by Crippen LogP contribution is -2.36. The summed E-state index contributed by atoms with van der Waals surface area (Å²) in [7, 11) is 0. The minimum absolute atomic E-state index is 0.0498. The highest BCUT2D eigenvalue weighted by Crippen LogP contribution is 2.33. The van der Waals surface area contributed by atoms with Gasteiger partial charge in [-0.05, 0) is 0 Å². The van der Waals surface area contributed by atoms with Crippen molar-refractivity contribution in [3.63, 3.8) is 0 Å². The third-order valence-corrected chi connectivity index (χ3v) is 3.92. The van der Waals surface area contributed by atoms with E-state index in [0.29, 0.717) is 0 Å². The molecule has 12 heteroatoms. The molecular formula is C14H18N6O6. The van der Waals surface area contributed by atoms with E-state index in [9.17, 15) is 15.0 Å². The van der Waals surface area contributed by atoms with Gasteiger partial charge in [-0.1, -0.05) is 0 Å². The molecule has 0 amide bonds. The van der Waals surface area contributed by atoms with Gasteiger partial charge >= 0.3 is 0 Å². The molecule has 12 nitrogen and oxygen atoms in total. The molecule has 0 spiro atoms. The normalized spacial score (nSPS) is 25.6. The summed E-state index contributed by atoms with van der Waals surface area (Å²) in [6.07, 6.45) is -2.37. The van der Waals surface area contributed by atoms with Gasteiger partial charge in [0, 0.05) is 0 Å². The summed E-state index contributed by atoms with van der Waals surface area (Å²) in [5, 5.41) is 28.2. The smallest absolute Gasteiger partial charge is 0.280 e. The molecule has 26 heavy (non-hydrogen) atoms. The maximum absolute atomic E-state index is 11.9. The number of hydrogen-bond donors (Lipinski definition) is 4. The number of imidazole rings is 1. The quantitative estimate of drug-likeness (QED) is 0.323. The van der Waals surface area contributed by atoms with E-state index in [1.807, 2.05) is 6.07 Å². The zero-order chi connectivity index (χ0) is 18.7. The highest BCUT2D eigenvalue weighted by atomic mass is 16.7. The highest BCUT2D eigenvalue weighted by molar-refractivity contribution is 5.70. The Bertz CT molecular complexity index is 860. The molecule has 1 fully saturated rings. The second-order valence-electron chi connectivity index (χ2n) is 5.58. The Hall–Kier alpha value is -2.56. The number of aliphatic hydroxyl groups is 2. The number of nitriles is 1. The minimum Gasteiger partial charge on any atom is -0.394 e. The lowest BCUT2D eigenvalue weighted by atomic mass is 10.1. The van der Waals surface area contributed by atoms with Crippen molar-refractivity contribution in [2.75, 3.05) is 25.7 Å². The highest BCUT2D eigenvalue weighted by Gasteiger charge is 2.46. The molecule has 0 unspecified atom stereocenters. The number of nitrogen functional groups attached to an aromatic ring is 1. The molecule has 0 radical (unpaired) electrons. The number of anilines is 1. The first kappa shape index (κ1) is 18.2. The zero-order valence-electron chi connectivity index (χ0n) is 13.6. The molecule has 0 aromatic carbocycles. The first-order valence-corrected chi connectivity index (χ1v) is 7.79. The summed E-state index contributed by atoms with van der Waals surface area (Å²) in [6, 6.07) is 1.93. The van der Waals surface area contributed by atoms with E-state index in [-0.39, 0.29) is 36.9 Å². The number of aliphatic hydroxyl groups excluding tert-OH is 2. The van der Waals surface area contributed by atoms with Gasteiger partial charge in [-0.25, -0.2) is 4.98 Å². The number of hydrogen-bond acceptors (Lipinski definition) is 10. The van der Waals surface area contributed by atoms with Gasteiger partial charge in [-0.15, -0.1) is 0 Å². The van der Waals surface area contributed by atoms with Gasteiger partial charge in [-0.3, -0.25) is 14.3 Å². The monoisotopic (exact) mass is 366 g/mol. The van der Waals surface area contributed by atoms with E-state index in [0.717, 1.165) is 0 Å². The van der Waals surface area contributed by atoms with Gasteiger partial charge in [0.25, 0.3) is 5.56 Å². The zero-order valence-corrected chi connectivity index (χ0v) is 13.6. The molecule has 1 aliphatic rings. The number of nitrogens with one attached hydrogen (secondary N) is 1. The van der Waals surface area contributed by atoms with Crippen LogP contribution in [0.15, 0.2) is 11.1 Å². The van der Waals surface area contributed by atoms with Crippen LogP contribution in [0.3, 0.4) is 0 Å². The Kier molecular flexibility index (Phi) is 5.45. The van der Waals surface area contributed by atoms with Gasteiger partial charge in [0.05, 0.1) is 32.0 Å². The number of aromatic amines is 1. The van der Waals surface area contributed by atoms with Crippen LogP contribution in [0.2, 0.25) is 0 Å². The van der Waals surface area contributed by atoms with Crippen molar-refractivity contribution < 1.29 is 24.4 Å². The van der Waals surface area contributed by atoms with Gasteiger partial charge in [-0.2, -0.15) is 10.2 Å². The fourth-order valence-electron chi connectivity index (χ4n) is 2.71. The maximum atomic E-state index is 11.9. The SMILES string of the molecule is N#CCCOCO[C@@H]1[C@H](O)[C@@H](CO)O[C@H]1n1cnc2c(=O)[nH]c(N)nc21. The summed E-state index contributed by atoms with van der Waals surface area (Å²) in [5.41, 5.74) is 5.27. The van der Waals surface area contributed by atoms with Gasteiger partial charge in [0.15, 0.2) is 17.4 Å². The molecule has 1 saturated heterocycles. The fraction of sp³-hybridized carbons (Fsp3) is 0.571. The Labute approximate surface area is 146 Å². The number of nitrogens with zero attached hydrogens (tertiary/aromatic N) is 4. The molecule has 3 rings (SSSR count). The van der Waals surface area contributed by atoms with Crippen molar-refractivity contribution >= 4 is 17.1 Å². The van der Waals surface area contributed by atoms with Crippen molar-refractivity contribution in [2.24, 2.45) is 0 Å². The Balaban J connectivity index is 1.86. The number of nitrogens with two attached hydrogens (primary N) is 1. The average Bonchev–Trinajstić information content (AvgIpc) is 3.16. The molecule has 0 aliphatic carbocycles. The standard InChI is InChI=1S/C14H18N6O6/c15-2-1-3-24-6-25-10-9(22)7(4-21)26-13(10)20-5-17-8-11(20)18-14(16)19-12(8)23/h5,7,9-10,13,21-22H,1,3-4,6H2,(H3,16,18,19,23)/t7-,9-,10-,13-/m1/s1. The van der Waals surface area contributed by atoms with Crippen LogP contribution >= 0.6 is 0 Å². The number of rotatable bonds is 7. The second-order valence-corrected chi connectivity index (χ2v) is 5.58. The van der Waals surface area contributed by atoms with Crippen molar-refractivity contribution in [3.05, 3.63) is 16.7 Å². The maximum Gasteiger partial charge on any atom is 0.280 e. The average molecular weight is 366 g/mol. The van der Waals surface area contributed by atoms with Crippen molar-refractivity contribution in [1.29, 1.82) is 5.26 Å². The molecule has 140 valence electrons. The van der Waals surface area contributed by atoms with Gasteiger partial charge in [0.1, 0.15) is 25.1 Å². The molecule has 0 bridgehead atoms. The van der Waals surface area contributed by atoms with Crippen molar-refractivity contribution in [2.45, 2.75) is 31.0 Å². The predicted molar refractivity (Wildman–Crippen MR) is 85.5 cm³/mol. The number of aromatic nitrogens is 4. The van der Waals surface area contributed by atoms with Gasteiger partial charge in [0.2, 0.25) is 5.95 Å². The van der Waals surface area contributed by atoms with E-state index in [1.165, 1.54) is 10.9 Å². The summed E-state index contributed by atoms with van der Waals surface area (Å²) < 4.78 is 17.7. The number of ether oxygens (including phenoxy) is 3. The molecule has 2 aromatic heterocycles. The van der Waals surface area contributed by atoms with E-state index >= 15 is 0 Å². The third-order valence-electron chi connectivity index (χ3n) is 3.92.